The van der Waals surface area contributed by atoms with Crippen LogP contribution in [0.2, 0.25) is 0 Å². The fourth-order valence-corrected chi connectivity index (χ4v) is 7.32. The highest BCUT2D eigenvalue weighted by Crippen LogP contribution is 2.26. The largest absolute Gasteiger partial charge is 0.289 e. The number of hydrogen-bond donors (Lipinski definition) is 0. The van der Waals surface area contributed by atoms with Gasteiger partial charge >= 0.3 is 0 Å². The Labute approximate surface area is 340 Å². The van der Waals surface area contributed by atoms with Crippen molar-refractivity contribution in [2.75, 3.05) is 0 Å². The first kappa shape index (κ1) is 37.8. The molecule has 8 aromatic carbocycles. The molecule has 0 saturated heterocycles. The average molecular weight is 768 g/mol. The molecule has 0 saturated carbocycles. The van der Waals surface area contributed by atoms with Gasteiger partial charge in [0.15, 0.2) is 17.3 Å². The van der Waals surface area contributed by atoms with E-state index in [0.29, 0.717) is 46.2 Å². The van der Waals surface area contributed by atoms with Gasteiger partial charge in [0.1, 0.15) is 0 Å². The molecule has 0 aliphatic carbocycles. The predicted molar refractivity (Wildman–Crippen MR) is 236 cm³/mol. The van der Waals surface area contributed by atoms with Crippen LogP contribution in [0.1, 0.15) is 70.0 Å². The second kappa shape index (κ2) is 17.3. The molecule has 4 nitrogen and oxygen atoms in total. The lowest BCUT2D eigenvalue weighted by Crippen LogP contribution is -2.08. The molecule has 0 bridgehead atoms. The van der Waals surface area contributed by atoms with Gasteiger partial charge < -0.3 is 0 Å². The molecule has 0 radical (unpaired) electrons. The summed E-state index contributed by atoms with van der Waals surface area (Å²) in [6.45, 7) is 0. The Bertz CT molecular complexity index is 2720. The van der Waals surface area contributed by atoms with Crippen molar-refractivity contribution in [2.24, 2.45) is 4.74 Å². The maximum Gasteiger partial charge on any atom is 0.193 e. The van der Waals surface area contributed by atoms with E-state index in [1.165, 1.54) is 0 Å². The maximum absolute atomic E-state index is 14.3. The number of nitrogens with zero attached hydrogens (tertiary/aromatic N) is 1. The van der Waals surface area contributed by atoms with Crippen LogP contribution < -0.4 is 0 Å². The number of carbonyl (C=O) groups is 3. The van der Waals surface area contributed by atoms with E-state index in [4.69, 9.17) is 0 Å². The normalized spacial score (nSPS) is 10.8. The van der Waals surface area contributed by atoms with E-state index in [0.717, 1.165) is 50.2 Å². The SMILES string of the molecule is O=C(c1ccc(Cc2ccc(Cc3ccc(C(=O)c4ccc(-c5ccccc5)cc4)cc3)cc2C(=O)c2ccc(-c3ccccc3)cc2)cc1)c1ccc(N=P)cc1. The van der Waals surface area contributed by atoms with Gasteiger partial charge in [-0.1, -0.05) is 170 Å². The number of benzene rings is 8. The molecule has 58 heavy (non-hydrogen) atoms. The van der Waals surface area contributed by atoms with Crippen LogP contribution in [0.5, 0.6) is 0 Å². The summed E-state index contributed by atoms with van der Waals surface area (Å²) in [6.07, 6.45) is 1.11. The second-order valence-electron chi connectivity index (χ2n) is 14.3. The average Bonchev–Trinajstić information content (AvgIpc) is 3.30. The summed E-state index contributed by atoms with van der Waals surface area (Å²) in [5.74, 6) is -0.151. The Balaban J connectivity index is 1.03. The first-order chi connectivity index (χ1) is 28.4. The summed E-state index contributed by atoms with van der Waals surface area (Å²) >= 11 is 0. The lowest BCUT2D eigenvalue weighted by atomic mass is 9.90. The molecule has 0 N–H and O–H groups in total. The van der Waals surface area contributed by atoms with E-state index >= 15 is 0 Å². The zero-order valence-corrected chi connectivity index (χ0v) is 32.6. The number of carbonyl (C=O) groups excluding carboxylic acids is 3. The monoisotopic (exact) mass is 767 g/mol. The van der Waals surface area contributed by atoms with Gasteiger partial charge in [0.05, 0.1) is 5.69 Å². The van der Waals surface area contributed by atoms with Crippen LogP contribution in [0.3, 0.4) is 0 Å². The van der Waals surface area contributed by atoms with Crippen LogP contribution in [0, 0.1) is 0 Å². The molecule has 0 aliphatic rings. The fourth-order valence-electron chi connectivity index (χ4n) is 7.17. The van der Waals surface area contributed by atoms with E-state index in [2.05, 4.69) is 44.1 Å². The van der Waals surface area contributed by atoms with Gasteiger partial charge in [-0.2, -0.15) is 0 Å². The summed E-state index contributed by atoms with van der Waals surface area (Å²) < 4.78 is 3.96. The molecule has 8 aromatic rings. The molecule has 0 atom stereocenters. The Morgan fingerprint density at radius 3 is 1.17 bits per heavy atom. The number of rotatable bonds is 13. The van der Waals surface area contributed by atoms with Crippen molar-refractivity contribution in [1.82, 2.24) is 0 Å². The molecule has 8 rings (SSSR count). The van der Waals surface area contributed by atoms with Crippen molar-refractivity contribution < 1.29 is 14.4 Å². The molecule has 0 spiro atoms. The number of hydrogen-bond acceptors (Lipinski definition) is 4. The molecule has 0 aromatic heterocycles. The minimum absolute atomic E-state index is 0.0284. The van der Waals surface area contributed by atoms with Crippen LogP contribution >= 0.6 is 9.03 Å². The Morgan fingerprint density at radius 1 is 0.362 bits per heavy atom. The molecule has 5 heteroatoms. The fraction of sp³-hybridized carbons (Fsp3) is 0.0377. The molecule has 0 amide bonds. The summed E-state index contributed by atoms with van der Waals surface area (Å²) in [6, 6.07) is 64.2. The quantitative estimate of drug-likeness (QED) is 0.0867. The smallest absolute Gasteiger partial charge is 0.193 e. The van der Waals surface area contributed by atoms with Crippen LogP contribution in [-0.2, 0) is 12.8 Å². The molecule has 0 fully saturated rings. The van der Waals surface area contributed by atoms with E-state index in [1.54, 1.807) is 24.3 Å². The minimum Gasteiger partial charge on any atom is -0.289 e. The lowest BCUT2D eigenvalue weighted by Gasteiger charge is -2.13. The van der Waals surface area contributed by atoms with Gasteiger partial charge in [-0.25, -0.2) is 4.74 Å². The van der Waals surface area contributed by atoms with Crippen molar-refractivity contribution in [3.8, 4) is 22.3 Å². The van der Waals surface area contributed by atoms with Crippen molar-refractivity contribution in [3.63, 3.8) is 0 Å². The predicted octanol–water partition coefficient (Wildman–Crippen LogP) is 12.9. The first-order valence-electron chi connectivity index (χ1n) is 19.1. The molecule has 0 heterocycles. The Hall–Kier alpha value is -7.13. The zero-order chi connectivity index (χ0) is 39.8. The van der Waals surface area contributed by atoms with Gasteiger partial charge in [0.25, 0.3) is 0 Å². The highest BCUT2D eigenvalue weighted by molar-refractivity contribution is 7.04. The summed E-state index contributed by atoms with van der Waals surface area (Å²) in [4.78, 5) is 40.9. The first-order valence-corrected chi connectivity index (χ1v) is 19.6. The molecule has 278 valence electrons. The second-order valence-corrected chi connectivity index (χ2v) is 14.5. The topological polar surface area (TPSA) is 63.6 Å². The van der Waals surface area contributed by atoms with Gasteiger partial charge in [-0.15, -0.1) is 0 Å². The summed E-state index contributed by atoms with van der Waals surface area (Å²) in [7, 11) is 3.14. The van der Waals surface area contributed by atoms with E-state index < -0.39 is 0 Å². The van der Waals surface area contributed by atoms with Crippen molar-refractivity contribution >= 4 is 32.1 Å². The van der Waals surface area contributed by atoms with Crippen LogP contribution in [0.15, 0.2) is 205 Å². The third kappa shape index (κ3) is 8.64. The summed E-state index contributed by atoms with van der Waals surface area (Å²) in [5, 5.41) is 0. The van der Waals surface area contributed by atoms with Gasteiger partial charge in [0, 0.05) is 33.4 Å². The van der Waals surface area contributed by atoms with E-state index in [1.807, 2.05) is 146 Å². The Kier molecular flexibility index (Phi) is 11.3. The molecular formula is C53H38NO3P. The number of ketones is 3. The lowest BCUT2D eigenvalue weighted by molar-refractivity contribution is 0.103. The van der Waals surface area contributed by atoms with Gasteiger partial charge in [-0.3, -0.25) is 14.4 Å². The van der Waals surface area contributed by atoms with E-state index in [9.17, 15) is 14.4 Å². The zero-order valence-electron chi connectivity index (χ0n) is 31.6. The molecular weight excluding hydrogens is 730 g/mol. The van der Waals surface area contributed by atoms with Crippen LogP contribution in [0.25, 0.3) is 22.3 Å². The molecule has 0 aliphatic heterocycles. The van der Waals surface area contributed by atoms with Crippen LogP contribution in [0.4, 0.5) is 5.69 Å². The van der Waals surface area contributed by atoms with Crippen molar-refractivity contribution in [3.05, 3.63) is 256 Å². The van der Waals surface area contributed by atoms with Crippen molar-refractivity contribution in [1.29, 1.82) is 0 Å². The van der Waals surface area contributed by atoms with E-state index in [-0.39, 0.29) is 17.3 Å². The van der Waals surface area contributed by atoms with Gasteiger partial charge in [-0.05, 0) is 96.7 Å². The maximum atomic E-state index is 14.3. The third-order valence-corrected chi connectivity index (χ3v) is 10.7. The minimum atomic E-state index is -0.0684. The Morgan fingerprint density at radius 2 is 0.724 bits per heavy atom. The third-order valence-electron chi connectivity index (χ3n) is 10.4. The van der Waals surface area contributed by atoms with Gasteiger partial charge in [0.2, 0.25) is 0 Å². The summed E-state index contributed by atoms with van der Waals surface area (Å²) in [5.41, 5.74) is 12.6. The molecule has 0 unspecified atom stereocenters. The standard InChI is InChI=1S/C53H38NO3P/c55-51(45-25-21-41(22-26-45)39-7-3-1-4-8-39)43-16-11-36(12-17-43)33-38-15-20-48(34-37-13-18-44(19-14-37)52(56)46-29-31-49(54-58)32-30-46)50(35-38)53(57)47-27-23-42(24-28-47)40-9-5-2-6-10-40/h1-32,35,58H,33-34H2. The van der Waals surface area contributed by atoms with Crippen LogP contribution in [-0.4, -0.2) is 17.3 Å². The highest BCUT2D eigenvalue weighted by Gasteiger charge is 2.17. The highest BCUT2D eigenvalue weighted by atomic mass is 31.0. The van der Waals surface area contributed by atoms with Crippen molar-refractivity contribution in [2.45, 2.75) is 12.8 Å².